The summed E-state index contributed by atoms with van der Waals surface area (Å²) in [6, 6.07) is 0. The Morgan fingerprint density at radius 1 is 1.67 bits per heavy atom. The first-order chi connectivity index (χ1) is 7.22. The molecule has 5 heteroatoms. The second kappa shape index (κ2) is 4.00. The molecule has 0 aromatic carbocycles. The Bertz CT molecular complexity index is 357. The first-order valence-corrected chi connectivity index (χ1v) is 5.22. The zero-order valence-corrected chi connectivity index (χ0v) is 8.90. The van der Waals surface area contributed by atoms with Crippen LogP contribution in [0.3, 0.4) is 0 Å². The smallest absolute Gasteiger partial charge is 0.318 e. The van der Waals surface area contributed by atoms with Crippen molar-refractivity contribution in [1.82, 2.24) is 10.1 Å². The van der Waals surface area contributed by atoms with Crippen molar-refractivity contribution >= 4 is 5.97 Å². The van der Waals surface area contributed by atoms with Crippen LogP contribution in [0.5, 0.6) is 0 Å². The molecule has 0 aliphatic heterocycles. The average Bonchev–Trinajstić information content (AvgIpc) is 2.96. The molecule has 0 bridgehead atoms. The van der Waals surface area contributed by atoms with Crippen LogP contribution in [-0.2, 0) is 9.53 Å². The first kappa shape index (κ1) is 10.1. The van der Waals surface area contributed by atoms with E-state index in [4.69, 9.17) is 9.26 Å². The van der Waals surface area contributed by atoms with E-state index in [0.29, 0.717) is 18.4 Å². The maximum absolute atomic E-state index is 11.4. The lowest BCUT2D eigenvalue weighted by molar-refractivity contribution is -0.145. The predicted octanol–water partition coefficient (Wildman–Crippen LogP) is 1.61. The molecular formula is C10H14N2O3. The van der Waals surface area contributed by atoms with Crippen molar-refractivity contribution in [2.75, 3.05) is 6.61 Å². The van der Waals surface area contributed by atoms with Gasteiger partial charge in [-0.3, -0.25) is 4.79 Å². The summed E-state index contributed by atoms with van der Waals surface area (Å²) in [6.45, 7) is 3.85. The molecule has 1 aliphatic rings. The molecule has 0 N–H and O–H groups in total. The molecule has 1 heterocycles. The Kier molecular flexibility index (Phi) is 2.70. The van der Waals surface area contributed by atoms with E-state index in [1.807, 2.05) is 0 Å². The van der Waals surface area contributed by atoms with E-state index in [1.54, 1.807) is 13.8 Å². The lowest BCUT2D eigenvalue weighted by Gasteiger charge is -2.04. The van der Waals surface area contributed by atoms with Crippen LogP contribution >= 0.6 is 0 Å². The number of hydrogen-bond acceptors (Lipinski definition) is 5. The van der Waals surface area contributed by atoms with Crippen molar-refractivity contribution in [2.24, 2.45) is 0 Å². The fourth-order valence-corrected chi connectivity index (χ4v) is 1.30. The Morgan fingerprint density at radius 2 is 2.40 bits per heavy atom. The Morgan fingerprint density at radius 3 is 3.00 bits per heavy atom. The lowest BCUT2D eigenvalue weighted by atomic mass is 10.2. The average molecular weight is 210 g/mol. The van der Waals surface area contributed by atoms with Gasteiger partial charge in [-0.1, -0.05) is 5.16 Å². The second-order valence-electron chi connectivity index (χ2n) is 3.74. The minimum absolute atomic E-state index is 0.316. The van der Waals surface area contributed by atoms with Gasteiger partial charge in [0.1, 0.15) is 5.92 Å². The predicted molar refractivity (Wildman–Crippen MR) is 51.3 cm³/mol. The van der Waals surface area contributed by atoms with E-state index >= 15 is 0 Å². The molecular weight excluding hydrogens is 196 g/mol. The quantitative estimate of drug-likeness (QED) is 0.706. The van der Waals surface area contributed by atoms with Gasteiger partial charge in [0, 0.05) is 5.92 Å². The number of carbonyl (C=O) groups is 1. The molecule has 2 rings (SSSR count). The van der Waals surface area contributed by atoms with Gasteiger partial charge < -0.3 is 9.26 Å². The zero-order valence-electron chi connectivity index (χ0n) is 8.90. The Balaban J connectivity index is 2.04. The molecule has 0 saturated heterocycles. The third-order valence-electron chi connectivity index (χ3n) is 2.41. The van der Waals surface area contributed by atoms with Crippen LogP contribution in [0, 0.1) is 0 Å². The van der Waals surface area contributed by atoms with Crippen molar-refractivity contribution in [3.05, 3.63) is 11.7 Å². The summed E-state index contributed by atoms with van der Waals surface area (Å²) < 4.78 is 9.91. The number of aromatic nitrogens is 2. The van der Waals surface area contributed by atoms with Crippen molar-refractivity contribution < 1.29 is 14.1 Å². The van der Waals surface area contributed by atoms with E-state index in [2.05, 4.69) is 10.1 Å². The number of rotatable bonds is 4. The number of hydrogen-bond donors (Lipinski definition) is 0. The van der Waals surface area contributed by atoms with Gasteiger partial charge in [-0.2, -0.15) is 4.98 Å². The third kappa shape index (κ3) is 2.16. The summed E-state index contributed by atoms with van der Waals surface area (Å²) in [7, 11) is 0. The van der Waals surface area contributed by atoms with Crippen LogP contribution < -0.4 is 0 Å². The topological polar surface area (TPSA) is 65.2 Å². The minimum Gasteiger partial charge on any atom is -0.465 e. The summed E-state index contributed by atoms with van der Waals surface area (Å²) in [5, 5.41) is 3.85. The van der Waals surface area contributed by atoms with Gasteiger partial charge in [0.2, 0.25) is 5.89 Å². The van der Waals surface area contributed by atoms with E-state index in [-0.39, 0.29) is 5.97 Å². The van der Waals surface area contributed by atoms with Gasteiger partial charge in [-0.25, -0.2) is 0 Å². The summed E-state index contributed by atoms with van der Waals surface area (Å²) in [6.07, 6.45) is 2.24. The van der Waals surface area contributed by atoms with Crippen molar-refractivity contribution in [2.45, 2.75) is 38.5 Å². The molecule has 1 aliphatic carbocycles. The second-order valence-corrected chi connectivity index (χ2v) is 3.74. The van der Waals surface area contributed by atoms with Crippen LogP contribution in [0.1, 0.15) is 50.2 Å². The van der Waals surface area contributed by atoms with Gasteiger partial charge in [0.15, 0.2) is 5.82 Å². The van der Waals surface area contributed by atoms with Crippen LogP contribution in [0.25, 0.3) is 0 Å². The lowest BCUT2D eigenvalue weighted by Crippen LogP contribution is -2.13. The fourth-order valence-electron chi connectivity index (χ4n) is 1.30. The van der Waals surface area contributed by atoms with Crippen LogP contribution in [-0.4, -0.2) is 22.7 Å². The van der Waals surface area contributed by atoms with Gasteiger partial charge in [0.05, 0.1) is 6.61 Å². The monoisotopic (exact) mass is 210 g/mol. The molecule has 1 aromatic rings. The standard InChI is InChI=1S/C10H14N2O3/c1-3-14-10(13)6(2)9-11-8(12-15-9)7-4-5-7/h6-7H,3-5H2,1-2H3. The molecule has 1 unspecified atom stereocenters. The van der Waals surface area contributed by atoms with Crippen LogP contribution in [0.15, 0.2) is 4.52 Å². The summed E-state index contributed by atoms with van der Waals surface area (Å²) >= 11 is 0. The van der Waals surface area contributed by atoms with E-state index < -0.39 is 5.92 Å². The zero-order chi connectivity index (χ0) is 10.8. The SMILES string of the molecule is CCOC(=O)C(C)c1nc(C2CC2)no1. The normalized spacial score (nSPS) is 17.5. The van der Waals surface area contributed by atoms with Crippen LogP contribution in [0.2, 0.25) is 0 Å². The summed E-state index contributed by atoms with van der Waals surface area (Å²) in [4.78, 5) is 15.6. The van der Waals surface area contributed by atoms with Gasteiger partial charge in [0.25, 0.3) is 0 Å². The molecule has 1 saturated carbocycles. The summed E-state index contributed by atoms with van der Waals surface area (Å²) in [5.74, 6) is 0.738. The van der Waals surface area contributed by atoms with Crippen LogP contribution in [0.4, 0.5) is 0 Å². The highest BCUT2D eigenvalue weighted by Crippen LogP contribution is 2.38. The number of ether oxygens (including phenoxy) is 1. The molecule has 1 atom stereocenters. The van der Waals surface area contributed by atoms with Crippen molar-refractivity contribution in [1.29, 1.82) is 0 Å². The van der Waals surface area contributed by atoms with E-state index in [1.165, 1.54) is 0 Å². The fraction of sp³-hybridized carbons (Fsp3) is 0.700. The highest BCUT2D eigenvalue weighted by molar-refractivity contribution is 5.76. The highest BCUT2D eigenvalue weighted by atomic mass is 16.5. The van der Waals surface area contributed by atoms with Crippen molar-refractivity contribution in [3.63, 3.8) is 0 Å². The Hall–Kier alpha value is -1.39. The molecule has 5 nitrogen and oxygen atoms in total. The maximum Gasteiger partial charge on any atom is 0.318 e. The summed E-state index contributed by atoms with van der Waals surface area (Å²) in [5.41, 5.74) is 0. The minimum atomic E-state index is -0.468. The van der Waals surface area contributed by atoms with E-state index in [0.717, 1.165) is 18.7 Å². The molecule has 82 valence electrons. The molecule has 1 fully saturated rings. The molecule has 0 spiro atoms. The number of nitrogens with zero attached hydrogens (tertiary/aromatic N) is 2. The number of carbonyl (C=O) groups excluding carboxylic acids is 1. The first-order valence-electron chi connectivity index (χ1n) is 5.22. The molecule has 1 aromatic heterocycles. The molecule has 0 amide bonds. The number of esters is 1. The largest absolute Gasteiger partial charge is 0.465 e. The third-order valence-corrected chi connectivity index (χ3v) is 2.41. The molecule has 0 radical (unpaired) electrons. The van der Waals surface area contributed by atoms with E-state index in [9.17, 15) is 4.79 Å². The Labute approximate surface area is 87.8 Å². The highest BCUT2D eigenvalue weighted by Gasteiger charge is 2.31. The molecule has 15 heavy (non-hydrogen) atoms. The maximum atomic E-state index is 11.4. The van der Waals surface area contributed by atoms with Gasteiger partial charge in [-0.15, -0.1) is 0 Å². The van der Waals surface area contributed by atoms with Gasteiger partial charge >= 0.3 is 5.97 Å². The van der Waals surface area contributed by atoms with Crippen molar-refractivity contribution in [3.8, 4) is 0 Å². The van der Waals surface area contributed by atoms with Gasteiger partial charge in [-0.05, 0) is 26.7 Å².